The van der Waals surface area contributed by atoms with Crippen molar-refractivity contribution in [3.05, 3.63) is 87.3 Å². The van der Waals surface area contributed by atoms with Gasteiger partial charge in [0.05, 0.1) is 55.9 Å². The monoisotopic (exact) mass is 619 g/mol. The number of carbonyl (C=O) groups is 1. The molecule has 9 nitrogen and oxygen atoms in total. The molecule has 1 heterocycles. The van der Waals surface area contributed by atoms with E-state index in [2.05, 4.69) is 5.32 Å². The predicted molar refractivity (Wildman–Crippen MR) is 153 cm³/mol. The second-order valence-electron chi connectivity index (χ2n) is 9.19. The van der Waals surface area contributed by atoms with Crippen LogP contribution in [0.15, 0.2) is 69.2 Å². The number of amides is 1. The highest BCUT2D eigenvalue weighted by Gasteiger charge is 2.32. The van der Waals surface area contributed by atoms with Crippen molar-refractivity contribution in [2.24, 2.45) is 0 Å². The first-order chi connectivity index (χ1) is 20.6. The highest BCUT2D eigenvalue weighted by atomic mass is 32.2. The zero-order valence-corrected chi connectivity index (χ0v) is 24.6. The fraction of sp³-hybridized carbons (Fsp3) is 0.367. The van der Waals surface area contributed by atoms with E-state index in [4.69, 9.17) is 19.5 Å². The number of halogens is 3. The van der Waals surface area contributed by atoms with Crippen LogP contribution < -0.4 is 10.9 Å². The number of rotatable bonds is 15. The lowest BCUT2D eigenvalue weighted by Crippen LogP contribution is -2.36. The Kier molecular flexibility index (Phi) is 12.8. The van der Waals surface area contributed by atoms with E-state index in [0.717, 1.165) is 29.2 Å². The molecule has 0 aliphatic heterocycles. The van der Waals surface area contributed by atoms with Gasteiger partial charge in [-0.25, -0.2) is 0 Å². The van der Waals surface area contributed by atoms with Crippen molar-refractivity contribution in [1.82, 2.24) is 9.88 Å². The SMILES string of the molecule is CCCOCCOCCOCCNC(=O)c1cc([S+]([O-])c2ccc(C#N)cc2)c(C)n(-c2cccc(C(F)(F)F)c2)c1=O. The van der Waals surface area contributed by atoms with Crippen molar-refractivity contribution >= 4 is 17.1 Å². The van der Waals surface area contributed by atoms with Crippen LogP contribution in [0, 0.1) is 18.3 Å². The fourth-order valence-corrected chi connectivity index (χ4v) is 5.18. The van der Waals surface area contributed by atoms with Gasteiger partial charge in [0.2, 0.25) is 0 Å². The van der Waals surface area contributed by atoms with Crippen LogP contribution in [-0.4, -0.2) is 61.2 Å². The lowest BCUT2D eigenvalue weighted by Gasteiger charge is -2.19. The van der Waals surface area contributed by atoms with Crippen LogP contribution in [0.1, 0.15) is 40.5 Å². The highest BCUT2D eigenvalue weighted by molar-refractivity contribution is 7.91. The summed E-state index contributed by atoms with van der Waals surface area (Å²) in [7, 11) is 0. The van der Waals surface area contributed by atoms with E-state index in [1.807, 2.05) is 13.0 Å². The average molecular weight is 620 g/mol. The minimum atomic E-state index is -4.68. The number of hydrogen-bond donors (Lipinski definition) is 1. The quantitative estimate of drug-likeness (QED) is 0.198. The van der Waals surface area contributed by atoms with Crippen LogP contribution >= 0.6 is 0 Å². The maximum Gasteiger partial charge on any atom is 0.416 e. The summed E-state index contributed by atoms with van der Waals surface area (Å²) >= 11 is -1.94. The summed E-state index contributed by atoms with van der Waals surface area (Å²) in [4.78, 5) is 26.9. The maximum atomic E-state index is 13.6. The molecule has 0 spiro atoms. The van der Waals surface area contributed by atoms with Crippen molar-refractivity contribution in [2.75, 3.05) is 46.2 Å². The molecule has 2 aromatic carbocycles. The normalized spacial score (nSPS) is 12.1. The molecule has 0 aliphatic carbocycles. The van der Waals surface area contributed by atoms with Gasteiger partial charge in [0, 0.05) is 36.1 Å². The first kappa shape index (κ1) is 33.8. The maximum absolute atomic E-state index is 13.6. The molecule has 0 bridgehead atoms. The van der Waals surface area contributed by atoms with Gasteiger partial charge < -0.3 is 24.1 Å². The predicted octanol–water partition coefficient (Wildman–Crippen LogP) is 4.39. The van der Waals surface area contributed by atoms with E-state index in [0.29, 0.717) is 32.0 Å². The third-order valence-corrected chi connectivity index (χ3v) is 7.61. The average Bonchev–Trinajstić information content (AvgIpc) is 2.99. The molecule has 0 saturated carbocycles. The topological polar surface area (TPSA) is 126 Å². The molecule has 1 N–H and O–H groups in total. The van der Waals surface area contributed by atoms with E-state index in [1.54, 1.807) is 0 Å². The molecule has 1 amide bonds. The molecule has 3 rings (SSSR count). The van der Waals surface area contributed by atoms with E-state index >= 15 is 0 Å². The van der Waals surface area contributed by atoms with Crippen molar-refractivity contribution in [2.45, 2.75) is 36.2 Å². The molecule has 230 valence electrons. The molecule has 0 fully saturated rings. The van der Waals surface area contributed by atoms with Gasteiger partial charge >= 0.3 is 6.18 Å². The molecular weight excluding hydrogens is 587 g/mol. The summed E-state index contributed by atoms with van der Waals surface area (Å²) in [5, 5.41) is 11.6. The van der Waals surface area contributed by atoms with Crippen molar-refractivity contribution in [1.29, 1.82) is 5.26 Å². The number of alkyl halides is 3. The Morgan fingerprint density at radius 2 is 1.63 bits per heavy atom. The number of pyridine rings is 1. The highest BCUT2D eigenvalue weighted by Crippen LogP contribution is 2.31. The number of carbonyl (C=O) groups excluding carboxylic acids is 1. The molecule has 1 atom stereocenters. The number of nitriles is 1. The molecule has 0 radical (unpaired) electrons. The third kappa shape index (κ3) is 9.41. The summed E-state index contributed by atoms with van der Waals surface area (Å²) in [6.07, 6.45) is -3.75. The molecule has 3 aromatic rings. The zero-order valence-electron chi connectivity index (χ0n) is 23.7. The molecule has 13 heteroatoms. The lowest BCUT2D eigenvalue weighted by molar-refractivity contribution is -0.137. The van der Waals surface area contributed by atoms with E-state index in [-0.39, 0.29) is 40.9 Å². The summed E-state index contributed by atoms with van der Waals surface area (Å²) in [6, 6.07) is 13.1. The number of nitrogens with one attached hydrogen (secondary N) is 1. The smallest absolute Gasteiger partial charge is 0.416 e. The Bertz CT molecular complexity index is 1470. The molecule has 43 heavy (non-hydrogen) atoms. The van der Waals surface area contributed by atoms with Gasteiger partial charge in [-0.15, -0.1) is 0 Å². The second kappa shape index (κ2) is 16.3. The number of nitrogens with zero attached hydrogens (tertiary/aromatic N) is 2. The molecule has 0 saturated heterocycles. The van der Waals surface area contributed by atoms with Crippen LogP contribution in [0.4, 0.5) is 13.2 Å². The Balaban J connectivity index is 1.83. The summed E-state index contributed by atoms with van der Waals surface area (Å²) in [5.74, 6) is -0.809. The van der Waals surface area contributed by atoms with Crippen molar-refractivity contribution in [3.8, 4) is 11.8 Å². The zero-order chi connectivity index (χ0) is 31.4. The van der Waals surface area contributed by atoms with Crippen LogP contribution in [-0.2, 0) is 31.6 Å². The van der Waals surface area contributed by atoms with E-state index in [9.17, 15) is 27.3 Å². The summed E-state index contributed by atoms with van der Waals surface area (Å²) < 4.78 is 71.0. The van der Waals surface area contributed by atoms with Gasteiger partial charge in [-0.2, -0.15) is 18.4 Å². The largest absolute Gasteiger partial charge is 0.606 e. The Morgan fingerprint density at radius 1 is 1.00 bits per heavy atom. The standard InChI is InChI=1S/C30H32F3N3O6S/c1-3-12-40-14-16-42-17-15-41-13-11-35-28(37)26-19-27(43(39)25-9-7-22(20-34)8-10-25)21(2)36(29(26)38)24-6-4-5-23(18-24)30(31,32)33/h4-10,18-19H,3,11-17H2,1-2H3,(H,35,37). The van der Waals surface area contributed by atoms with Gasteiger partial charge in [-0.05, 0) is 55.8 Å². The lowest BCUT2D eigenvalue weighted by atomic mass is 10.1. The number of benzene rings is 2. The van der Waals surface area contributed by atoms with Crippen LogP contribution in [0.3, 0.4) is 0 Å². The Hall–Kier alpha value is -3.67. The molecular formula is C30H32F3N3O6S. The van der Waals surface area contributed by atoms with E-state index in [1.165, 1.54) is 43.3 Å². The molecule has 1 aromatic heterocycles. The van der Waals surface area contributed by atoms with Crippen LogP contribution in [0.25, 0.3) is 5.69 Å². The number of hydrogen-bond acceptors (Lipinski definition) is 7. The van der Waals surface area contributed by atoms with E-state index < -0.39 is 39.9 Å². The molecule has 1 unspecified atom stereocenters. The van der Waals surface area contributed by atoms with Gasteiger partial charge in [0.1, 0.15) is 5.56 Å². The first-order valence-electron chi connectivity index (χ1n) is 13.5. The van der Waals surface area contributed by atoms with Crippen molar-refractivity contribution in [3.63, 3.8) is 0 Å². The minimum Gasteiger partial charge on any atom is -0.606 e. The van der Waals surface area contributed by atoms with Gasteiger partial charge in [0.25, 0.3) is 11.5 Å². The number of ether oxygens (including phenoxy) is 3. The van der Waals surface area contributed by atoms with Crippen molar-refractivity contribution < 1.29 is 36.7 Å². The number of aromatic nitrogens is 1. The Morgan fingerprint density at radius 3 is 2.23 bits per heavy atom. The minimum absolute atomic E-state index is 0.0311. The second-order valence-corrected chi connectivity index (χ2v) is 10.6. The summed E-state index contributed by atoms with van der Waals surface area (Å²) in [6.45, 7) is 5.76. The van der Waals surface area contributed by atoms with Crippen LogP contribution in [0.5, 0.6) is 0 Å². The van der Waals surface area contributed by atoms with Gasteiger partial charge in [-0.1, -0.05) is 13.0 Å². The Labute approximate surface area is 250 Å². The van der Waals surface area contributed by atoms with Gasteiger partial charge in [0.15, 0.2) is 9.79 Å². The molecule has 0 aliphatic rings. The fourth-order valence-electron chi connectivity index (χ4n) is 3.96. The first-order valence-corrected chi connectivity index (χ1v) is 14.6. The van der Waals surface area contributed by atoms with Gasteiger partial charge in [-0.3, -0.25) is 14.2 Å². The third-order valence-electron chi connectivity index (χ3n) is 6.10. The van der Waals surface area contributed by atoms with Crippen LogP contribution in [0.2, 0.25) is 0 Å². The summed E-state index contributed by atoms with van der Waals surface area (Å²) in [5.41, 5.74) is -2.00.